The van der Waals surface area contributed by atoms with Gasteiger partial charge < -0.3 is 16.2 Å². The third kappa shape index (κ3) is 4.85. The van der Waals surface area contributed by atoms with Crippen LogP contribution in [0.4, 0.5) is 0 Å². The van der Waals surface area contributed by atoms with Crippen LogP contribution in [0.5, 0.6) is 5.75 Å². The molecular formula is C18H29N5O2. The molecule has 1 aromatic carbocycles. The summed E-state index contributed by atoms with van der Waals surface area (Å²) < 4.78 is 5.94. The Balaban J connectivity index is 1.84. The molecule has 1 heterocycles. The second kappa shape index (κ2) is 7.31. The molecule has 2 rings (SSSR count). The smallest absolute Gasteiger partial charge is 0.226 e. The Morgan fingerprint density at radius 2 is 1.80 bits per heavy atom. The molecule has 1 aliphatic heterocycles. The van der Waals surface area contributed by atoms with Crippen LogP contribution in [0.1, 0.15) is 46.6 Å². The van der Waals surface area contributed by atoms with Crippen molar-refractivity contribution < 1.29 is 9.57 Å². The van der Waals surface area contributed by atoms with Gasteiger partial charge in [0.05, 0.1) is 13.2 Å². The molecule has 0 fully saturated rings. The van der Waals surface area contributed by atoms with Gasteiger partial charge in [0, 0.05) is 6.42 Å². The monoisotopic (exact) mass is 347 g/mol. The maximum absolute atomic E-state index is 5.94. The van der Waals surface area contributed by atoms with E-state index in [1.165, 1.54) is 10.6 Å². The van der Waals surface area contributed by atoms with Crippen molar-refractivity contribution in [1.29, 1.82) is 0 Å². The van der Waals surface area contributed by atoms with Crippen molar-refractivity contribution in [1.82, 2.24) is 5.06 Å². The van der Waals surface area contributed by atoms with Crippen molar-refractivity contribution in [3.8, 4) is 5.75 Å². The summed E-state index contributed by atoms with van der Waals surface area (Å²) in [5.41, 5.74) is 12.1. The highest BCUT2D eigenvalue weighted by molar-refractivity contribution is 5.95. The maximum atomic E-state index is 5.94. The van der Waals surface area contributed by atoms with Gasteiger partial charge in [0.1, 0.15) is 5.75 Å². The van der Waals surface area contributed by atoms with Crippen LogP contribution in [0.15, 0.2) is 34.3 Å². The molecule has 0 unspecified atom stereocenters. The minimum Gasteiger partial charge on any atom is -0.493 e. The van der Waals surface area contributed by atoms with E-state index in [2.05, 4.69) is 36.8 Å². The van der Waals surface area contributed by atoms with Crippen molar-refractivity contribution in [2.45, 2.75) is 52.1 Å². The van der Waals surface area contributed by atoms with Gasteiger partial charge in [0.25, 0.3) is 0 Å². The molecular weight excluding hydrogens is 318 g/mol. The minimum absolute atomic E-state index is 0.0355. The Kier molecular flexibility index (Phi) is 5.57. The van der Waals surface area contributed by atoms with E-state index in [1.807, 2.05) is 32.0 Å². The van der Waals surface area contributed by atoms with E-state index in [0.29, 0.717) is 19.6 Å². The van der Waals surface area contributed by atoms with Crippen LogP contribution in [0.3, 0.4) is 0 Å². The largest absolute Gasteiger partial charge is 0.493 e. The Morgan fingerprint density at radius 1 is 1.12 bits per heavy atom. The van der Waals surface area contributed by atoms with Gasteiger partial charge in [-0.15, -0.1) is 0 Å². The average molecular weight is 347 g/mol. The zero-order valence-electron chi connectivity index (χ0n) is 15.7. The van der Waals surface area contributed by atoms with Gasteiger partial charge in [0.15, 0.2) is 5.66 Å². The Labute approximate surface area is 149 Å². The molecule has 1 aromatic rings. The Bertz CT molecular complexity index is 662. The van der Waals surface area contributed by atoms with Crippen LogP contribution in [-0.4, -0.2) is 35.9 Å². The van der Waals surface area contributed by atoms with E-state index in [1.54, 1.807) is 0 Å². The fourth-order valence-corrected chi connectivity index (χ4v) is 2.63. The first-order valence-electron chi connectivity index (χ1n) is 8.46. The van der Waals surface area contributed by atoms with Gasteiger partial charge >= 0.3 is 0 Å². The number of hydroxylamine groups is 2. The lowest BCUT2D eigenvalue weighted by atomic mass is 9.86. The average Bonchev–Trinajstić information content (AvgIpc) is 2.47. The lowest BCUT2D eigenvalue weighted by molar-refractivity contribution is -0.158. The van der Waals surface area contributed by atoms with Crippen molar-refractivity contribution in [2.24, 2.45) is 21.5 Å². The quantitative estimate of drug-likeness (QED) is 0.770. The fraction of sp³-hybridized carbons (Fsp3) is 0.556. The number of para-hydroxylation sites is 1. The summed E-state index contributed by atoms with van der Waals surface area (Å²) >= 11 is 0. The lowest BCUT2D eigenvalue weighted by Crippen LogP contribution is -2.53. The first-order valence-corrected chi connectivity index (χ1v) is 8.46. The van der Waals surface area contributed by atoms with Gasteiger partial charge in [-0.1, -0.05) is 39.0 Å². The van der Waals surface area contributed by atoms with E-state index in [-0.39, 0.29) is 17.3 Å². The van der Waals surface area contributed by atoms with E-state index < -0.39 is 5.66 Å². The fourth-order valence-electron chi connectivity index (χ4n) is 2.63. The van der Waals surface area contributed by atoms with Crippen LogP contribution in [0.2, 0.25) is 0 Å². The number of guanidine groups is 2. The standard InChI is InChI=1S/C18H29N5O2/c1-17(2,3)13-9-6-7-10-14(13)24-11-8-12-25-23-16(20)21-15(19)22-18(23,4)5/h6-7,9-10H,8,11-12H2,1-5H3,(H4,19,20,21,22). The summed E-state index contributed by atoms with van der Waals surface area (Å²) in [5, 5.41) is 1.48. The number of rotatable bonds is 6. The maximum Gasteiger partial charge on any atom is 0.226 e. The van der Waals surface area contributed by atoms with Gasteiger partial charge in [-0.2, -0.15) is 10.1 Å². The number of benzene rings is 1. The van der Waals surface area contributed by atoms with E-state index in [9.17, 15) is 0 Å². The molecule has 0 amide bonds. The summed E-state index contributed by atoms with van der Waals surface area (Å²) in [6.07, 6.45) is 0.706. The molecule has 0 spiro atoms. The Morgan fingerprint density at radius 3 is 2.44 bits per heavy atom. The number of hydrogen-bond donors (Lipinski definition) is 2. The second-order valence-corrected chi connectivity index (χ2v) is 7.51. The molecule has 0 radical (unpaired) electrons. The van der Waals surface area contributed by atoms with Crippen molar-refractivity contribution in [2.75, 3.05) is 13.2 Å². The number of ether oxygens (including phenoxy) is 1. The molecule has 0 saturated heterocycles. The first kappa shape index (κ1) is 19.1. The van der Waals surface area contributed by atoms with Crippen molar-refractivity contribution in [3.05, 3.63) is 29.8 Å². The summed E-state index contributed by atoms with van der Waals surface area (Å²) in [6, 6.07) is 8.11. The zero-order chi connectivity index (χ0) is 18.7. The zero-order valence-corrected chi connectivity index (χ0v) is 15.7. The first-order chi connectivity index (χ1) is 11.6. The minimum atomic E-state index is -0.685. The highest BCUT2D eigenvalue weighted by atomic mass is 16.7. The van der Waals surface area contributed by atoms with Gasteiger partial charge in [0.2, 0.25) is 11.9 Å². The number of hydrogen-bond acceptors (Lipinski definition) is 7. The highest BCUT2D eigenvalue weighted by Crippen LogP contribution is 2.31. The molecule has 4 N–H and O–H groups in total. The molecule has 7 heteroatoms. The van der Waals surface area contributed by atoms with Crippen LogP contribution >= 0.6 is 0 Å². The third-order valence-corrected chi connectivity index (χ3v) is 3.78. The molecule has 25 heavy (non-hydrogen) atoms. The van der Waals surface area contributed by atoms with Gasteiger partial charge in [-0.05, 0) is 30.9 Å². The van der Waals surface area contributed by atoms with E-state index in [4.69, 9.17) is 21.0 Å². The van der Waals surface area contributed by atoms with Gasteiger partial charge in [-0.3, -0.25) is 4.84 Å². The van der Waals surface area contributed by atoms with Crippen LogP contribution < -0.4 is 16.2 Å². The summed E-state index contributed by atoms with van der Waals surface area (Å²) in [7, 11) is 0. The highest BCUT2D eigenvalue weighted by Gasteiger charge is 2.32. The molecule has 0 aromatic heterocycles. The van der Waals surface area contributed by atoms with Crippen LogP contribution in [0.25, 0.3) is 0 Å². The van der Waals surface area contributed by atoms with Crippen molar-refractivity contribution >= 4 is 11.9 Å². The number of nitrogens with zero attached hydrogens (tertiary/aromatic N) is 3. The van der Waals surface area contributed by atoms with Crippen LogP contribution in [0, 0.1) is 0 Å². The molecule has 0 bridgehead atoms. The normalized spacial score (nSPS) is 17.1. The van der Waals surface area contributed by atoms with Gasteiger partial charge in [-0.25, -0.2) is 4.99 Å². The van der Waals surface area contributed by atoms with E-state index in [0.717, 1.165) is 5.75 Å². The molecule has 0 aliphatic carbocycles. The lowest BCUT2D eigenvalue weighted by Gasteiger charge is -2.36. The van der Waals surface area contributed by atoms with Crippen molar-refractivity contribution in [3.63, 3.8) is 0 Å². The molecule has 0 saturated carbocycles. The SMILES string of the molecule is CC(C)(C)c1ccccc1OCCCON1C(N)=NC(N)=NC1(C)C. The molecule has 138 valence electrons. The summed E-state index contributed by atoms with van der Waals surface area (Å²) in [6.45, 7) is 11.2. The second-order valence-electron chi connectivity index (χ2n) is 7.51. The number of nitrogens with two attached hydrogens (primary N) is 2. The summed E-state index contributed by atoms with van der Waals surface area (Å²) in [4.78, 5) is 13.9. The molecule has 1 aliphatic rings. The molecule has 0 atom stereocenters. The van der Waals surface area contributed by atoms with E-state index >= 15 is 0 Å². The van der Waals surface area contributed by atoms with Crippen LogP contribution in [-0.2, 0) is 10.3 Å². The molecule has 7 nitrogen and oxygen atoms in total. The Hall–Kier alpha value is -2.28. The third-order valence-electron chi connectivity index (χ3n) is 3.78. The topological polar surface area (TPSA) is 98.5 Å². The predicted octanol–water partition coefficient (Wildman–Crippen LogP) is 2.37. The predicted molar refractivity (Wildman–Crippen MR) is 100 cm³/mol. The summed E-state index contributed by atoms with van der Waals surface area (Å²) in [5.74, 6) is 1.27. The number of aliphatic imine (C=N–C) groups is 2.